The summed E-state index contributed by atoms with van der Waals surface area (Å²) in [5, 5.41) is 27.9. The van der Waals surface area contributed by atoms with E-state index in [2.05, 4.69) is 15.0 Å². The number of rotatable bonds is 5. The molecule has 0 amide bonds. The number of carboxylic acid groups (broad SMARTS) is 3. The first kappa shape index (κ1) is 18.9. The van der Waals surface area contributed by atoms with Gasteiger partial charge in [0.15, 0.2) is 0 Å². The highest BCUT2D eigenvalue weighted by Crippen LogP contribution is 2.26. The lowest BCUT2D eigenvalue weighted by Gasteiger charge is -2.22. The zero-order valence-electron chi connectivity index (χ0n) is 14.6. The normalized spacial score (nSPS) is 18.4. The van der Waals surface area contributed by atoms with Gasteiger partial charge in [-0.25, -0.2) is 14.6 Å². The molecule has 1 aliphatic heterocycles. The van der Waals surface area contributed by atoms with Crippen molar-refractivity contribution < 1.29 is 29.7 Å². The Bertz CT molecular complexity index is 1040. The highest BCUT2D eigenvalue weighted by atomic mass is 16.4. The second-order valence-corrected chi connectivity index (χ2v) is 6.17. The molecule has 3 rings (SSSR count). The molecular weight excluding hydrogens is 366 g/mol. The fourth-order valence-electron chi connectivity index (χ4n) is 2.89. The van der Waals surface area contributed by atoms with Gasteiger partial charge in [-0.3, -0.25) is 14.8 Å². The number of nitrogens with zero attached hydrogens (tertiary/aromatic N) is 3. The topological polar surface area (TPSA) is 150 Å². The number of hydrogen-bond donors (Lipinski definition) is 3. The van der Waals surface area contributed by atoms with Gasteiger partial charge in [0.25, 0.3) is 0 Å². The van der Waals surface area contributed by atoms with Crippen molar-refractivity contribution >= 4 is 23.6 Å². The van der Waals surface area contributed by atoms with Gasteiger partial charge in [0.1, 0.15) is 0 Å². The summed E-state index contributed by atoms with van der Waals surface area (Å²) in [4.78, 5) is 46.8. The number of carboxylic acids is 3. The maximum atomic E-state index is 11.6. The van der Waals surface area contributed by atoms with Crippen LogP contribution in [0.3, 0.4) is 0 Å². The lowest BCUT2D eigenvalue weighted by molar-refractivity contribution is -0.140. The van der Waals surface area contributed by atoms with Crippen molar-refractivity contribution in [2.45, 2.75) is 6.92 Å². The Labute approximate surface area is 158 Å². The first-order chi connectivity index (χ1) is 13.3. The van der Waals surface area contributed by atoms with Gasteiger partial charge in [0, 0.05) is 18.3 Å². The van der Waals surface area contributed by atoms with Crippen molar-refractivity contribution in [2.75, 3.05) is 0 Å². The zero-order valence-corrected chi connectivity index (χ0v) is 14.6. The van der Waals surface area contributed by atoms with Crippen molar-refractivity contribution in [3.05, 3.63) is 59.6 Å². The van der Waals surface area contributed by atoms with Crippen molar-refractivity contribution in [1.29, 1.82) is 0 Å². The van der Waals surface area contributed by atoms with Gasteiger partial charge in [-0.05, 0) is 24.3 Å². The number of aliphatic imine (C=N–C) groups is 1. The van der Waals surface area contributed by atoms with Crippen LogP contribution in [0, 0.1) is 11.8 Å². The molecule has 0 fully saturated rings. The Kier molecular flexibility index (Phi) is 4.99. The van der Waals surface area contributed by atoms with Crippen molar-refractivity contribution in [2.24, 2.45) is 16.8 Å². The van der Waals surface area contributed by atoms with Crippen molar-refractivity contribution in [1.82, 2.24) is 9.97 Å². The molecule has 0 saturated carbocycles. The minimum Gasteiger partial charge on any atom is -0.481 e. The van der Waals surface area contributed by atoms with E-state index < -0.39 is 29.7 Å². The van der Waals surface area contributed by atoms with Gasteiger partial charge < -0.3 is 15.3 Å². The van der Waals surface area contributed by atoms with E-state index in [9.17, 15) is 24.6 Å². The fourth-order valence-corrected chi connectivity index (χ4v) is 2.89. The Morgan fingerprint density at radius 3 is 2.21 bits per heavy atom. The van der Waals surface area contributed by atoms with Gasteiger partial charge in [-0.2, -0.15) is 0 Å². The molecule has 0 aromatic carbocycles. The molecule has 0 radical (unpaired) electrons. The van der Waals surface area contributed by atoms with Crippen LogP contribution in [0.2, 0.25) is 0 Å². The minimum absolute atomic E-state index is 0.0219. The lowest BCUT2D eigenvalue weighted by Crippen LogP contribution is -2.29. The quantitative estimate of drug-likeness (QED) is 0.713. The molecule has 0 aliphatic carbocycles. The average molecular weight is 381 g/mol. The Hall–Kier alpha value is -3.88. The smallest absolute Gasteiger partial charge is 0.335 e. The van der Waals surface area contributed by atoms with Crippen LogP contribution in [0.1, 0.15) is 33.3 Å². The van der Waals surface area contributed by atoms with Crippen LogP contribution in [-0.2, 0) is 4.79 Å². The molecule has 2 aromatic rings. The van der Waals surface area contributed by atoms with Gasteiger partial charge in [-0.15, -0.1) is 0 Å². The number of hydrogen-bond acceptors (Lipinski definition) is 6. The van der Waals surface area contributed by atoms with E-state index in [1.807, 2.05) is 0 Å². The third-order valence-corrected chi connectivity index (χ3v) is 4.37. The second-order valence-electron chi connectivity index (χ2n) is 6.17. The molecule has 2 unspecified atom stereocenters. The SMILES string of the molecule is CC1C(c2cc(C(=O)O)cc(-c3cc(C(=O)O)ccn3)n2)=NC=CC1C(=O)O. The molecule has 0 spiro atoms. The summed E-state index contributed by atoms with van der Waals surface area (Å²) in [6.07, 6.45) is 4.10. The Morgan fingerprint density at radius 2 is 1.57 bits per heavy atom. The molecule has 142 valence electrons. The highest BCUT2D eigenvalue weighted by molar-refractivity contribution is 6.05. The van der Waals surface area contributed by atoms with Crippen LogP contribution < -0.4 is 0 Å². The number of pyridine rings is 2. The molecule has 2 atom stereocenters. The van der Waals surface area contributed by atoms with Crippen LogP contribution >= 0.6 is 0 Å². The van der Waals surface area contributed by atoms with E-state index >= 15 is 0 Å². The monoisotopic (exact) mass is 381 g/mol. The Morgan fingerprint density at radius 1 is 0.929 bits per heavy atom. The molecule has 9 heteroatoms. The first-order valence-corrected chi connectivity index (χ1v) is 8.20. The summed E-state index contributed by atoms with van der Waals surface area (Å²) in [7, 11) is 0. The summed E-state index contributed by atoms with van der Waals surface area (Å²) in [5.74, 6) is -4.75. The molecule has 28 heavy (non-hydrogen) atoms. The van der Waals surface area contributed by atoms with Gasteiger partial charge in [0.2, 0.25) is 0 Å². The average Bonchev–Trinajstić information content (AvgIpc) is 2.67. The second kappa shape index (κ2) is 7.39. The van der Waals surface area contributed by atoms with Gasteiger partial charge >= 0.3 is 17.9 Å². The standard InChI is InChI=1S/C19H15N3O6/c1-9-12(19(27)28)3-5-21-16(9)15-8-11(18(25)26)7-14(22-15)13-6-10(17(23)24)2-4-20-13/h2-9,12H,1H3,(H,23,24)(H,25,26)(H,27,28). The molecule has 2 aromatic heterocycles. The van der Waals surface area contributed by atoms with E-state index in [1.165, 1.54) is 42.7 Å². The fraction of sp³-hybridized carbons (Fsp3) is 0.158. The third kappa shape index (κ3) is 3.63. The third-order valence-electron chi connectivity index (χ3n) is 4.37. The van der Waals surface area contributed by atoms with Crippen LogP contribution in [0.4, 0.5) is 0 Å². The van der Waals surface area contributed by atoms with Crippen molar-refractivity contribution in [3.63, 3.8) is 0 Å². The summed E-state index contributed by atoms with van der Waals surface area (Å²) in [6, 6.07) is 5.17. The van der Waals surface area contributed by atoms with Crippen LogP contribution in [0.25, 0.3) is 11.4 Å². The zero-order chi connectivity index (χ0) is 20.4. The van der Waals surface area contributed by atoms with Crippen molar-refractivity contribution in [3.8, 4) is 11.4 Å². The first-order valence-electron chi connectivity index (χ1n) is 8.20. The van der Waals surface area contributed by atoms with E-state index in [4.69, 9.17) is 5.11 Å². The molecule has 0 saturated heterocycles. The summed E-state index contributed by atoms with van der Waals surface area (Å²) < 4.78 is 0. The number of aliphatic carboxylic acids is 1. The number of aromatic nitrogens is 2. The summed E-state index contributed by atoms with van der Waals surface area (Å²) in [5.41, 5.74) is 0.729. The molecule has 3 N–H and O–H groups in total. The van der Waals surface area contributed by atoms with Crippen LogP contribution in [0.5, 0.6) is 0 Å². The maximum absolute atomic E-state index is 11.6. The largest absolute Gasteiger partial charge is 0.481 e. The van der Waals surface area contributed by atoms with Gasteiger partial charge in [0.05, 0.1) is 39.8 Å². The van der Waals surface area contributed by atoms with Gasteiger partial charge in [-0.1, -0.05) is 13.0 Å². The van der Waals surface area contributed by atoms with E-state index in [0.29, 0.717) is 5.71 Å². The molecule has 1 aliphatic rings. The predicted octanol–water partition coefficient (Wildman–Crippen LogP) is 2.19. The van der Waals surface area contributed by atoms with E-state index in [1.54, 1.807) is 6.92 Å². The molecule has 3 heterocycles. The number of carbonyl (C=O) groups is 3. The summed E-state index contributed by atoms with van der Waals surface area (Å²) >= 11 is 0. The number of aromatic carboxylic acids is 2. The maximum Gasteiger partial charge on any atom is 0.335 e. The summed E-state index contributed by atoms with van der Waals surface area (Å²) in [6.45, 7) is 1.67. The lowest BCUT2D eigenvalue weighted by atomic mass is 9.86. The van der Waals surface area contributed by atoms with E-state index in [0.717, 1.165) is 0 Å². The van der Waals surface area contributed by atoms with Crippen LogP contribution in [0.15, 0.2) is 47.7 Å². The molecular formula is C19H15N3O6. The molecule has 0 bridgehead atoms. The van der Waals surface area contributed by atoms with E-state index in [-0.39, 0.29) is 28.2 Å². The predicted molar refractivity (Wildman–Crippen MR) is 97.4 cm³/mol. The highest BCUT2D eigenvalue weighted by Gasteiger charge is 2.30. The minimum atomic E-state index is -1.21. The van der Waals surface area contributed by atoms with Crippen LogP contribution in [-0.4, -0.2) is 48.9 Å². The molecule has 9 nitrogen and oxygen atoms in total. The Balaban J connectivity index is 2.14.